The Morgan fingerprint density at radius 1 is 1.32 bits per heavy atom. The SMILES string of the molecule is Cc1c(C(=O)NCC(C)OCC2CC2)ccc(N)c1C=NCC1CCNCC1. The van der Waals surface area contributed by atoms with E-state index in [1.165, 1.54) is 12.8 Å². The van der Waals surface area contributed by atoms with Crippen molar-refractivity contribution in [3.63, 3.8) is 0 Å². The van der Waals surface area contributed by atoms with E-state index >= 15 is 0 Å². The molecule has 1 aromatic carbocycles. The predicted molar refractivity (Wildman–Crippen MR) is 114 cm³/mol. The molecule has 1 atom stereocenters. The zero-order valence-corrected chi connectivity index (χ0v) is 17.2. The molecule has 1 unspecified atom stereocenters. The average Bonchev–Trinajstić information content (AvgIpc) is 3.52. The Morgan fingerprint density at radius 2 is 2.07 bits per heavy atom. The number of benzene rings is 1. The molecule has 0 radical (unpaired) electrons. The Morgan fingerprint density at radius 3 is 2.79 bits per heavy atom. The first-order valence-corrected chi connectivity index (χ1v) is 10.5. The van der Waals surface area contributed by atoms with Crippen LogP contribution in [0, 0.1) is 18.8 Å². The third kappa shape index (κ3) is 6.04. The predicted octanol–water partition coefficient (Wildman–Crippen LogP) is 2.54. The lowest BCUT2D eigenvalue weighted by Gasteiger charge is -2.20. The van der Waals surface area contributed by atoms with Crippen LogP contribution in [0.2, 0.25) is 0 Å². The van der Waals surface area contributed by atoms with Crippen LogP contribution in [0.3, 0.4) is 0 Å². The number of carbonyl (C=O) groups excluding carboxylic acids is 1. The fourth-order valence-electron chi connectivity index (χ4n) is 3.50. The number of nitrogen functional groups attached to an aromatic ring is 1. The van der Waals surface area contributed by atoms with Gasteiger partial charge in [-0.25, -0.2) is 0 Å². The molecular formula is C22H34N4O2. The first kappa shape index (κ1) is 20.8. The molecule has 1 aliphatic heterocycles. The second kappa shape index (κ2) is 10.0. The van der Waals surface area contributed by atoms with Crippen molar-refractivity contribution in [3.05, 3.63) is 28.8 Å². The summed E-state index contributed by atoms with van der Waals surface area (Å²) in [6, 6.07) is 3.58. The van der Waals surface area contributed by atoms with Crippen LogP contribution in [-0.2, 0) is 4.74 Å². The number of nitrogens with one attached hydrogen (secondary N) is 2. The highest BCUT2D eigenvalue weighted by molar-refractivity contribution is 6.00. The lowest BCUT2D eigenvalue weighted by Crippen LogP contribution is -2.33. The number of amides is 1. The molecule has 1 amide bonds. The van der Waals surface area contributed by atoms with Crippen LogP contribution in [0.25, 0.3) is 0 Å². The van der Waals surface area contributed by atoms with E-state index < -0.39 is 0 Å². The molecule has 4 N–H and O–H groups in total. The maximum absolute atomic E-state index is 12.6. The number of aliphatic imine (C=N–C) groups is 1. The second-order valence-corrected chi connectivity index (χ2v) is 8.23. The number of hydrogen-bond acceptors (Lipinski definition) is 5. The largest absolute Gasteiger partial charge is 0.398 e. The van der Waals surface area contributed by atoms with E-state index in [1.807, 2.05) is 20.1 Å². The summed E-state index contributed by atoms with van der Waals surface area (Å²) in [7, 11) is 0. The van der Waals surface area contributed by atoms with Crippen LogP contribution in [0.1, 0.15) is 54.1 Å². The van der Waals surface area contributed by atoms with E-state index in [-0.39, 0.29) is 12.0 Å². The van der Waals surface area contributed by atoms with E-state index in [1.54, 1.807) is 12.1 Å². The smallest absolute Gasteiger partial charge is 0.251 e. The third-order valence-electron chi connectivity index (χ3n) is 5.70. The van der Waals surface area contributed by atoms with Gasteiger partial charge in [0.25, 0.3) is 5.91 Å². The van der Waals surface area contributed by atoms with E-state index in [9.17, 15) is 4.79 Å². The Hall–Kier alpha value is -1.92. The summed E-state index contributed by atoms with van der Waals surface area (Å²) < 4.78 is 5.78. The van der Waals surface area contributed by atoms with Crippen molar-refractivity contribution in [2.75, 3.05) is 38.5 Å². The minimum absolute atomic E-state index is 0.0182. The van der Waals surface area contributed by atoms with Gasteiger partial charge in [0.15, 0.2) is 0 Å². The van der Waals surface area contributed by atoms with Crippen molar-refractivity contribution in [2.45, 2.75) is 45.6 Å². The molecule has 154 valence electrons. The number of rotatable bonds is 9. The fourth-order valence-corrected chi connectivity index (χ4v) is 3.50. The summed E-state index contributed by atoms with van der Waals surface area (Å²) in [6.07, 6.45) is 6.72. The third-order valence-corrected chi connectivity index (χ3v) is 5.70. The molecule has 2 fully saturated rings. The summed E-state index contributed by atoms with van der Waals surface area (Å²) in [5.74, 6) is 1.26. The van der Waals surface area contributed by atoms with Gasteiger partial charge in [-0.3, -0.25) is 9.79 Å². The van der Waals surface area contributed by atoms with Crippen LogP contribution in [0.5, 0.6) is 0 Å². The van der Waals surface area contributed by atoms with Crippen LogP contribution in [-0.4, -0.2) is 51.0 Å². The molecule has 0 spiro atoms. The standard InChI is InChI=1S/C22H34N4O2/c1-15(28-14-18-3-4-18)11-26-22(27)19-5-6-21(23)20(16(19)2)13-25-12-17-7-9-24-10-8-17/h5-6,13,15,17-18,24H,3-4,7-12,14,23H2,1-2H3,(H,26,27). The summed E-state index contributed by atoms with van der Waals surface area (Å²) in [5, 5.41) is 6.35. The van der Waals surface area contributed by atoms with Crippen molar-refractivity contribution in [3.8, 4) is 0 Å². The van der Waals surface area contributed by atoms with Crippen LogP contribution in [0.15, 0.2) is 17.1 Å². The van der Waals surface area contributed by atoms with E-state index in [2.05, 4.69) is 15.6 Å². The number of ether oxygens (including phenoxy) is 1. The Bertz CT molecular complexity index is 694. The van der Waals surface area contributed by atoms with Crippen LogP contribution < -0.4 is 16.4 Å². The summed E-state index contributed by atoms with van der Waals surface area (Å²) >= 11 is 0. The highest BCUT2D eigenvalue weighted by Crippen LogP contribution is 2.29. The molecule has 3 rings (SSSR count). The lowest BCUT2D eigenvalue weighted by molar-refractivity contribution is 0.0555. The molecule has 1 heterocycles. The number of anilines is 1. The van der Waals surface area contributed by atoms with Crippen molar-refractivity contribution in [1.29, 1.82) is 0 Å². The molecule has 1 saturated heterocycles. The maximum atomic E-state index is 12.6. The molecule has 2 aliphatic rings. The average molecular weight is 387 g/mol. The Kier molecular flexibility index (Phi) is 7.45. The van der Waals surface area contributed by atoms with Gasteiger partial charge < -0.3 is 21.1 Å². The Balaban J connectivity index is 1.56. The topological polar surface area (TPSA) is 88.7 Å². The molecule has 1 saturated carbocycles. The van der Waals surface area contributed by atoms with Gasteiger partial charge in [0.1, 0.15) is 0 Å². The summed E-state index contributed by atoms with van der Waals surface area (Å²) in [5.41, 5.74) is 9.17. The summed E-state index contributed by atoms with van der Waals surface area (Å²) in [6.45, 7) is 8.19. The van der Waals surface area contributed by atoms with Crippen molar-refractivity contribution >= 4 is 17.8 Å². The number of carbonyl (C=O) groups is 1. The molecule has 0 aromatic heterocycles. The lowest BCUT2D eigenvalue weighted by atomic mass is 9.98. The molecule has 1 aromatic rings. The zero-order chi connectivity index (χ0) is 19.9. The molecule has 6 nitrogen and oxygen atoms in total. The minimum Gasteiger partial charge on any atom is -0.398 e. The first-order chi connectivity index (χ1) is 13.5. The summed E-state index contributed by atoms with van der Waals surface area (Å²) in [4.78, 5) is 17.3. The van der Waals surface area contributed by atoms with E-state index in [0.717, 1.165) is 56.1 Å². The highest BCUT2D eigenvalue weighted by atomic mass is 16.5. The van der Waals surface area contributed by atoms with Crippen molar-refractivity contribution in [2.24, 2.45) is 16.8 Å². The number of piperidine rings is 1. The van der Waals surface area contributed by atoms with Gasteiger partial charge in [0.05, 0.1) is 6.10 Å². The van der Waals surface area contributed by atoms with Gasteiger partial charge in [-0.15, -0.1) is 0 Å². The molecule has 6 heteroatoms. The van der Waals surface area contributed by atoms with Gasteiger partial charge >= 0.3 is 0 Å². The number of nitrogens with two attached hydrogens (primary N) is 1. The number of hydrogen-bond donors (Lipinski definition) is 3. The van der Waals surface area contributed by atoms with Gasteiger partial charge in [0, 0.05) is 42.7 Å². The Labute approximate surface area is 168 Å². The first-order valence-electron chi connectivity index (χ1n) is 10.5. The normalized spacial score (nSPS) is 19.1. The highest BCUT2D eigenvalue weighted by Gasteiger charge is 2.22. The second-order valence-electron chi connectivity index (χ2n) is 8.23. The maximum Gasteiger partial charge on any atom is 0.251 e. The van der Waals surface area contributed by atoms with Gasteiger partial charge in [0.2, 0.25) is 0 Å². The van der Waals surface area contributed by atoms with E-state index in [4.69, 9.17) is 10.5 Å². The monoisotopic (exact) mass is 386 g/mol. The van der Waals surface area contributed by atoms with Gasteiger partial charge in [-0.05, 0) is 82.2 Å². The minimum atomic E-state index is -0.0904. The van der Waals surface area contributed by atoms with Crippen molar-refractivity contribution in [1.82, 2.24) is 10.6 Å². The fraction of sp³-hybridized carbons (Fsp3) is 0.636. The van der Waals surface area contributed by atoms with Gasteiger partial charge in [-0.2, -0.15) is 0 Å². The molecular weight excluding hydrogens is 352 g/mol. The zero-order valence-electron chi connectivity index (χ0n) is 17.2. The number of nitrogens with zero attached hydrogens (tertiary/aromatic N) is 1. The molecule has 1 aliphatic carbocycles. The van der Waals surface area contributed by atoms with Crippen LogP contribution >= 0.6 is 0 Å². The van der Waals surface area contributed by atoms with Crippen molar-refractivity contribution < 1.29 is 9.53 Å². The van der Waals surface area contributed by atoms with Gasteiger partial charge in [-0.1, -0.05) is 0 Å². The molecule has 28 heavy (non-hydrogen) atoms. The molecule has 0 bridgehead atoms. The van der Waals surface area contributed by atoms with E-state index in [0.29, 0.717) is 23.7 Å². The van der Waals surface area contributed by atoms with Crippen LogP contribution in [0.4, 0.5) is 5.69 Å². The quantitative estimate of drug-likeness (QED) is 0.449.